The maximum absolute atomic E-state index is 12.8. The number of carbonyl (C=O) groups is 1. The predicted molar refractivity (Wildman–Crippen MR) is 86.1 cm³/mol. The Morgan fingerprint density at radius 3 is 2.38 bits per heavy atom. The summed E-state index contributed by atoms with van der Waals surface area (Å²) in [5, 5.41) is 0. The highest BCUT2D eigenvalue weighted by molar-refractivity contribution is 5.95. The third kappa shape index (κ3) is 3.92. The van der Waals surface area contributed by atoms with Crippen molar-refractivity contribution in [2.75, 3.05) is 13.1 Å². The third-order valence-electron chi connectivity index (χ3n) is 3.55. The van der Waals surface area contributed by atoms with E-state index in [-0.39, 0.29) is 5.91 Å². The van der Waals surface area contributed by atoms with Crippen LogP contribution in [0.4, 0.5) is 0 Å². The standard InChI is InChI=1S/C18H22N2O/c1-2-20(14-15-8-4-3-5-9-15)18(21)17-11-7-6-10-16(17)12-13-19/h3-11H,2,12-14,19H2,1H3. The van der Waals surface area contributed by atoms with Gasteiger partial charge >= 0.3 is 0 Å². The van der Waals surface area contributed by atoms with E-state index < -0.39 is 0 Å². The Kier molecular flexibility index (Phi) is 5.52. The molecule has 3 heteroatoms. The molecule has 0 fully saturated rings. The molecule has 2 aromatic carbocycles. The normalized spacial score (nSPS) is 10.4. The predicted octanol–water partition coefficient (Wildman–Crippen LogP) is 2.85. The molecule has 0 atom stereocenters. The molecule has 3 nitrogen and oxygen atoms in total. The fourth-order valence-corrected chi connectivity index (χ4v) is 2.40. The van der Waals surface area contributed by atoms with Crippen molar-refractivity contribution in [2.24, 2.45) is 5.73 Å². The lowest BCUT2D eigenvalue weighted by Crippen LogP contribution is -2.31. The van der Waals surface area contributed by atoms with Crippen molar-refractivity contribution >= 4 is 5.91 Å². The van der Waals surface area contributed by atoms with Crippen LogP contribution in [0.25, 0.3) is 0 Å². The molecule has 0 aliphatic rings. The molecule has 1 amide bonds. The fourth-order valence-electron chi connectivity index (χ4n) is 2.40. The van der Waals surface area contributed by atoms with Gasteiger partial charge in [0, 0.05) is 18.7 Å². The van der Waals surface area contributed by atoms with Gasteiger partial charge in [0.05, 0.1) is 0 Å². The largest absolute Gasteiger partial charge is 0.335 e. The van der Waals surface area contributed by atoms with Gasteiger partial charge in [-0.1, -0.05) is 48.5 Å². The van der Waals surface area contributed by atoms with E-state index in [2.05, 4.69) is 0 Å². The van der Waals surface area contributed by atoms with Crippen LogP contribution < -0.4 is 5.73 Å². The molecule has 0 bridgehead atoms. The molecule has 2 N–H and O–H groups in total. The van der Waals surface area contributed by atoms with Crippen LogP contribution >= 0.6 is 0 Å². The Morgan fingerprint density at radius 2 is 1.71 bits per heavy atom. The van der Waals surface area contributed by atoms with E-state index in [4.69, 9.17) is 5.73 Å². The third-order valence-corrected chi connectivity index (χ3v) is 3.55. The van der Waals surface area contributed by atoms with Crippen molar-refractivity contribution in [3.05, 3.63) is 71.3 Å². The van der Waals surface area contributed by atoms with Crippen molar-refractivity contribution in [3.8, 4) is 0 Å². The minimum Gasteiger partial charge on any atom is -0.335 e. The summed E-state index contributed by atoms with van der Waals surface area (Å²) in [6, 6.07) is 17.8. The van der Waals surface area contributed by atoms with Gasteiger partial charge in [-0.2, -0.15) is 0 Å². The van der Waals surface area contributed by atoms with Crippen LogP contribution in [0.1, 0.15) is 28.4 Å². The van der Waals surface area contributed by atoms with Crippen LogP contribution in [0, 0.1) is 0 Å². The van der Waals surface area contributed by atoms with Gasteiger partial charge in [0.1, 0.15) is 0 Å². The fraction of sp³-hybridized carbons (Fsp3) is 0.278. The average Bonchev–Trinajstić information content (AvgIpc) is 2.54. The number of amides is 1. The van der Waals surface area contributed by atoms with Gasteiger partial charge in [-0.3, -0.25) is 4.79 Å². The molecule has 0 radical (unpaired) electrons. The first-order valence-corrected chi connectivity index (χ1v) is 7.37. The summed E-state index contributed by atoms with van der Waals surface area (Å²) in [6.07, 6.45) is 0.727. The molecular formula is C18H22N2O. The van der Waals surface area contributed by atoms with Crippen LogP contribution in [0.3, 0.4) is 0 Å². The minimum absolute atomic E-state index is 0.0744. The van der Waals surface area contributed by atoms with Crippen LogP contribution in [-0.4, -0.2) is 23.9 Å². The summed E-state index contributed by atoms with van der Waals surface area (Å²) in [5.74, 6) is 0.0744. The van der Waals surface area contributed by atoms with Crippen molar-refractivity contribution in [1.82, 2.24) is 4.90 Å². The Morgan fingerprint density at radius 1 is 1.05 bits per heavy atom. The van der Waals surface area contributed by atoms with Gasteiger partial charge in [-0.25, -0.2) is 0 Å². The number of hydrogen-bond donors (Lipinski definition) is 1. The van der Waals surface area contributed by atoms with Crippen LogP contribution in [0.15, 0.2) is 54.6 Å². The van der Waals surface area contributed by atoms with Gasteiger partial charge in [0.25, 0.3) is 5.91 Å². The molecule has 21 heavy (non-hydrogen) atoms. The lowest BCUT2D eigenvalue weighted by atomic mass is 10.0. The molecule has 2 rings (SSSR count). The van der Waals surface area contributed by atoms with Crippen LogP contribution in [-0.2, 0) is 13.0 Å². The summed E-state index contributed by atoms with van der Waals surface area (Å²) >= 11 is 0. The first kappa shape index (κ1) is 15.3. The highest BCUT2D eigenvalue weighted by atomic mass is 16.2. The SMILES string of the molecule is CCN(Cc1ccccc1)C(=O)c1ccccc1CCN. The average molecular weight is 282 g/mol. The molecule has 0 saturated carbocycles. The second-order valence-electron chi connectivity index (χ2n) is 5.00. The van der Waals surface area contributed by atoms with Crippen molar-refractivity contribution in [2.45, 2.75) is 19.9 Å². The molecule has 110 valence electrons. The number of nitrogens with zero attached hydrogens (tertiary/aromatic N) is 1. The van der Waals surface area contributed by atoms with Crippen molar-refractivity contribution < 1.29 is 4.79 Å². The van der Waals surface area contributed by atoms with Gasteiger partial charge in [-0.05, 0) is 37.1 Å². The Balaban J connectivity index is 2.20. The Labute approximate surface area is 126 Å². The van der Waals surface area contributed by atoms with Crippen LogP contribution in [0.2, 0.25) is 0 Å². The maximum Gasteiger partial charge on any atom is 0.254 e. The highest BCUT2D eigenvalue weighted by Crippen LogP contribution is 2.14. The van der Waals surface area contributed by atoms with E-state index in [9.17, 15) is 4.79 Å². The molecule has 0 spiro atoms. The second-order valence-corrected chi connectivity index (χ2v) is 5.00. The van der Waals surface area contributed by atoms with E-state index >= 15 is 0 Å². The summed E-state index contributed by atoms with van der Waals surface area (Å²) in [7, 11) is 0. The molecule has 0 saturated heterocycles. The van der Waals surface area contributed by atoms with E-state index in [1.54, 1.807) is 0 Å². The minimum atomic E-state index is 0.0744. The van der Waals surface area contributed by atoms with E-state index in [0.717, 1.165) is 23.1 Å². The van der Waals surface area contributed by atoms with Gasteiger partial charge in [0.2, 0.25) is 0 Å². The molecular weight excluding hydrogens is 260 g/mol. The smallest absolute Gasteiger partial charge is 0.254 e. The summed E-state index contributed by atoms with van der Waals surface area (Å²) in [6.45, 7) is 3.87. The van der Waals surface area contributed by atoms with Gasteiger partial charge in [0.15, 0.2) is 0 Å². The second kappa shape index (κ2) is 7.60. The van der Waals surface area contributed by atoms with E-state index in [1.165, 1.54) is 0 Å². The lowest BCUT2D eigenvalue weighted by Gasteiger charge is -2.22. The monoisotopic (exact) mass is 282 g/mol. The zero-order valence-corrected chi connectivity index (χ0v) is 12.5. The Hall–Kier alpha value is -2.13. The Bertz CT molecular complexity index is 581. The quantitative estimate of drug-likeness (QED) is 0.885. The maximum atomic E-state index is 12.8. The van der Waals surface area contributed by atoms with Crippen molar-refractivity contribution in [3.63, 3.8) is 0 Å². The lowest BCUT2D eigenvalue weighted by molar-refractivity contribution is 0.0751. The number of rotatable bonds is 6. The zero-order chi connectivity index (χ0) is 15.1. The number of nitrogens with two attached hydrogens (primary N) is 1. The van der Waals surface area contributed by atoms with Gasteiger partial charge in [-0.15, -0.1) is 0 Å². The molecule has 0 unspecified atom stereocenters. The number of benzene rings is 2. The molecule has 0 aromatic heterocycles. The molecule has 0 aliphatic carbocycles. The first-order chi connectivity index (χ1) is 10.3. The number of carbonyl (C=O) groups excluding carboxylic acids is 1. The first-order valence-electron chi connectivity index (χ1n) is 7.37. The van der Waals surface area contributed by atoms with E-state index in [0.29, 0.717) is 19.6 Å². The van der Waals surface area contributed by atoms with E-state index in [1.807, 2.05) is 66.4 Å². The molecule has 0 heterocycles. The summed E-state index contributed by atoms with van der Waals surface area (Å²) < 4.78 is 0. The zero-order valence-electron chi connectivity index (χ0n) is 12.5. The molecule has 2 aromatic rings. The highest BCUT2D eigenvalue weighted by Gasteiger charge is 2.17. The summed E-state index contributed by atoms with van der Waals surface area (Å²) in [5.41, 5.74) is 8.57. The topological polar surface area (TPSA) is 46.3 Å². The van der Waals surface area contributed by atoms with Gasteiger partial charge < -0.3 is 10.6 Å². The van der Waals surface area contributed by atoms with Crippen molar-refractivity contribution in [1.29, 1.82) is 0 Å². The van der Waals surface area contributed by atoms with Crippen LogP contribution in [0.5, 0.6) is 0 Å². The summed E-state index contributed by atoms with van der Waals surface area (Å²) in [4.78, 5) is 14.6. The number of hydrogen-bond acceptors (Lipinski definition) is 2. The molecule has 0 aliphatic heterocycles.